The second-order valence-electron chi connectivity index (χ2n) is 4.05. The van der Waals surface area contributed by atoms with Gasteiger partial charge in [-0.2, -0.15) is 4.98 Å². The molecule has 0 aliphatic carbocycles. The second-order valence-corrected chi connectivity index (χ2v) is 4.05. The number of hydrogen-bond donors (Lipinski definition) is 2. The number of benzene rings is 1. The standard InChI is InChI=1S/C13H16N4O2/c1-8(12(18)19-3)15-11-9-6-4-5-7-10(9)16-13(14-2)17-11/h4-8H,1-3H3,(H2,14,15,16,17). The minimum absolute atomic E-state index is 0.339. The van der Waals surface area contributed by atoms with Crippen LogP contribution in [0.15, 0.2) is 24.3 Å². The highest BCUT2D eigenvalue weighted by atomic mass is 16.5. The Morgan fingerprint density at radius 3 is 2.74 bits per heavy atom. The fraction of sp³-hybridized carbons (Fsp3) is 0.308. The zero-order valence-electron chi connectivity index (χ0n) is 11.1. The fourth-order valence-electron chi connectivity index (χ4n) is 1.74. The van der Waals surface area contributed by atoms with Gasteiger partial charge in [-0.05, 0) is 19.1 Å². The number of ether oxygens (including phenoxy) is 1. The SMILES string of the molecule is CNc1nc(NC(C)C(=O)OC)c2ccccc2n1. The quantitative estimate of drug-likeness (QED) is 0.814. The molecular weight excluding hydrogens is 244 g/mol. The molecule has 0 fully saturated rings. The number of esters is 1. The molecular formula is C13H16N4O2. The summed E-state index contributed by atoms with van der Waals surface area (Å²) < 4.78 is 4.69. The Labute approximate surface area is 111 Å². The molecule has 0 amide bonds. The van der Waals surface area contributed by atoms with Gasteiger partial charge in [0.1, 0.15) is 11.9 Å². The summed E-state index contributed by atoms with van der Waals surface area (Å²) in [6.07, 6.45) is 0. The predicted octanol–water partition coefficient (Wildman–Crippen LogP) is 1.64. The highest BCUT2D eigenvalue weighted by Crippen LogP contribution is 2.22. The normalized spacial score (nSPS) is 11.9. The van der Waals surface area contributed by atoms with Crippen molar-refractivity contribution in [2.24, 2.45) is 0 Å². The maximum absolute atomic E-state index is 11.5. The van der Waals surface area contributed by atoms with E-state index in [9.17, 15) is 4.79 Å². The number of aromatic nitrogens is 2. The van der Waals surface area contributed by atoms with Crippen molar-refractivity contribution in [2.45, 2.75) is 13.0 Å². The van der Waals surface area contributed by atoms with Gasteiger partial charge in [-0.1, -0.05) is 12.1 Å². The third kappa shape index (κ3) is 2.73. The molecule has 0 radical (unpaired) electrons. The largest absolute Gasteiger partial charge is 0.467 e. The molecule has 0 bridgehead atoms. The van der Waals surface area contributed by atoms with E-state index >= 15 is 0 Å². The molecule has 0 spiro atoms. The van der Waals surface area contributed by atoms with Gasteiger partial charge in [-0.15, -0.1) is 0 Å². The van der Waals surface area contributed by atoms with Crippen LogP contribution < -0.4 is 10.6 Å². The zero-order valence-corrected chi connectivity index (χ0v) is 11.1. The Morgan fingerprint density at radius 2 is 2.05 bits per heavy atom. The first-order valence-electron chi connectivity index (χ1n) is 5.94. The summed E-state index contributed by atoms with van der Waals surface area (Å²) in [6.45, 7) is 1.72. The van der Waals surface area contributed by atoms with Crippen LogP contribution in [0, 0.1) is 0 Å². The highest BCUT2D eigenvalue weighted by molar-refractivity contribution is 5.91. The summed E-state index contributed by atoms with van der Waals surface area (Å²) in [4.78, 5) is 20.1. The van der Waals surface area contributed by atoms with Crippen LogP contribution in [0.3, 0.4) is 0 Å². The third-order valence-corrected chi connectivity index (χ3v) is 2.73. The van der Waals surface area contributed by atoms with Crippen molar-refractivity contribution in [3.05, 3.63) is 24.3 Å². The summed E-state index contributed by atoms with van der Waals surface area (Å²) >= 11 is 0. The van der Waals surface area contributed by atoms with E-state index in [2.05, 4.69) is 20.6 Å². The second kappa shape index (κ2) is 5.51. The van der Waals surface area contributed by atoms with Crippen LogP contribution >= 0.6 is 0 Å². The Balaban J connectivity index is 2.43. The number of hydrogen-bond acceptors (Lipinski definition) is 6. The fourth-order valence-corrected chi connectivity index (χ4v) is 1.74. The molecule has 0 saturated carbocycles. The van der Waals surface area contributed by atoms with E-state index in [1.165, 1.54) is 7.11 Å². The highest BCUT2D eigenvalue weighted by Gasteiger charge is 2.15. The number of nitrogens with zero attached hydrogens (tertiary/aromatic N) is 2. The lowest BCUT2D eigenvalue weighted by Crippen LogP contribution is -2.27. The third-order valence-electron chi connectivity index (χ3n) is 2.73. The van der Waals surface area contributed by atoms with Crippen molar-refractivity contribution in [1.82, 2.24) is 9.97 Å². The minimum Gasteiger partial charge on any atom is -0.467 e. The number of anilines is 2. The van der Waals surface area contributed by atoms with Crippen LogP contribution in [-0.4, -0.2) is 36.1 Å². The zero-order chi connectivity index (χ0) is 13.8. The summed E-state index contributed by atoms with van der Waals surface area (Å²) in [7, 11) is 3.11. The monoisotopic (exact) mass is 260 g/mol. The van der Waals surface area contributed by atoms with Crippen LogP contribution in [0.5, 0.6) is 0 Å². The molecule has 6 nitrogen and oxygen atoms in total. The van der Waals surface area contributed by atoms with E-state index in [0.717, 1.165) is 10.9 Å². The molecule has 0 saturated heterocycles. The summed E-state index contributed by atoms with van der Waals surface area (Å²) in [5, 5.41) is 6.80. The number of rotatable bonds is 4. The lowest BCUT2D eigenvalue weighted by Gasteiger charge is -2.14. The first kappa shape index (κ1) is 13.1. The average molecular weight is 260 g/mol. The van der Waals surface area contributed by atoms with Crippen molar-refractivity contribution >= 4 is 28.6 Å². The first-order chi connectivity index (χ1) is 9.15. The van der Waals surface area contributed by atoms with Crippen molar-refractivity contribution in [1.29, 1.82) is 0 Å². The smallest absolute Gasteiger partial charge is 0.328 e. The minimum atomic E-state index is -0.479. The van der Waals surface area contributed by atoms with Crippen LogP contribution in [0.1, 0.15) is 6.92 Å². The van der Waals surface area contributed by atoms with Gasteiger partial charge in [0, 0.05) is 12.4 Å². The van der Waals surface area contributed by atoms with Gasteiger partial charge in [0.05, 0.1) is 12.6 Å². The molecule has 0 aliphatic heterocycles. The van der Waals surface area contributed by atoms with Crippen LogP contribution in [0.25, 0.3) is 10.9 Å². The molecule has 1 unspecified atom stereocenters. The Morgan fingerprint density at radius 1 is 1.32 bits per heavy atom. The van der Waals surface area contributed by atoms with Gasteiger partial charge in [0.15, 0.2) is 0 Å². The lowest BCUT2D eigenvalue weighted by molar-refractivity contribution is -0.141. The van der Waals surface area contributed by atoms with Crippen LogP contribution in [0.4, 0.5) is 11.8 Å². The van der Waals surface area contributed by atoms with Gasteiger partial charge in [-0.25, -0.2) is 9.78 Å². The van der Waals surface area contributed by atoms with Crippen LogP contribution in [-0.2, 0) is 9.53 Å². The van der Waals surface area contributed by atoms with E-state index < -0.39 is 6.04 Å². The van der Waals surface area contributed by atoms with Crippen molar-refractivity contribution in [3.8, 4) is 0 Å². The number of carbonyl (C=O) groups is 1. The van der Waals surface area contributed by atoms with Gasteiger partial charge < -0.3 is 15.4 Å². The Hall–Kier alpha value is -2.37. The molecule has 19 heavy (non-hydrogen) atoms. The summed E-state index contributed by atoms with van der Waals surface area (Å²) in [5.74, 6) is 0.764. The van der Waals surface area contributed by atoms with Crippen molar-refractivity contribution < 1.29 is 9.53 Å². The van der Waals surface area contributed by atoms with E-state index in [-0.39, 0.29) is 5.97 Å². The van der Waals surface area contributed by atoms with Crippen molar-refractivity contribution in [2.75, 3.05) is 24.8 Å². The van der Waals surface area contributed by atoms with E-state index in [0.29, 0.717) is 11.8 Å². The Bertz CT molecular complexity index is 600. The molecule has 1 heterocycles. The predicted molar refractivity (Wildman–Crippen MR) is 74.2 cm³/mol. The number of carbonyl (C=O) groups excluding carboxylic acids is 1. The Kier molecular flexibility index (Phi) is 3.79. The molecule has 1 aromatic carbocycles. The molecule has 2 N–H and O–H groups in total. The van der Waals surface area contributed by atoms with E-state index in [1.54, 1.807) is 14.0 Å². The van der Waals surface area contributed by atoms with Crippen LogP contribution in [0.2, 0.25) is 0 Å². The maximum atomic E-state index is 11.5. The summed E-state index contributed by atoms with van der Waals surface area (Å²) in [6, 6.07) is 7.13. The van der Waals surface area contributed by atoms with Gasteiger partial charge in [0.25, 0.3) is 0 Å². The number of para-hydroxylation sites is 1. The number of methoxy groups -OCH3 is 1. The molecule has 1 atom stereocenters. The molecule has 0 aliphatic rings. The van der Waals surface area contributed by atoms with Gasteiger partial charge in [-0.3, -0.25) is 0 Å². The molecule has 6 heteroatoms. The molecule has 1 aromatic heterocycles. The summed E-state index contributed by atoms with van der Waals surface area (Å²) in [5.41, 5.74) is 0.807. The van der Waals surface area contributed by atoms with Gasteiger partial charge >= 0.3 is 5.97 Å². The molecule has 100 valence electrons. The number of nitrogens with one attached hydrogen (secondary N) is 2. The van der Waals surface area contributed by atoms with Gasteiger partial charge in [0.2, 0.25) is 5.95 Å². The average Bonchev–Trinajstić information content (AvgIpc) is 2.46. The van der Waals surface area contributed by atoms with E-state index in [1.807, 2.05) is 24.3 Å². The van der Waals surface area contributed by atoms with E-state index in [4.69, 9.17) is 4.74 Å². The lowest BCUT2D eigenvalue weighted by atomic mass is 10.2. The molecule has 2 aromatic rings. The van der Waals surface area contributed by atoms with Crippen molar-refractivity contribution in [3.63, 3.8) is 0 Å². The first-order valence-corrected chi connectivity index (χ1v) is 5.94. The maximum Gasteiger partial charge on any atom is 0.328 e. The number of fused-ring (bicyclic) bond motifs is 1. The topological polar surface area (TPSA) is 76.1 Å². The molecule has 2 rings (SSSR count).